The highest BCUT2D eigenvalue weighted by molar-refractivity contribution is 7.16. The maximum absolute atomic E-state index is 16.0. The van der Waals surface area contributed by atoms with Crippen LogP contribution >= 0.6 is 11.3 Å². The molecule has 3 aliphatic rings. The third-order valence-electron chi connectivity index (χ3n) is 9.38. The Labute approximate surface area is 281 Å². The summed E-state index contributed by atoms with van der Waals surface area (Å²) in [6.45, 7) is 6.05. The van der Waals surface area contributed by atoms with Gasteiger partial charge in [-0.1, -0.05) is 11.3 Å². The van der Waals surface area contributed by atoms with Crippen molar-refractivity contribution in [3.63, 3.8) is 0 Å². The second-order valence-corrected chi connectivity index (χ2v) is 13.5. The maximum Gasteiger partial charge on any atom is 0.312 e. The second-order valence-electron chi connectivity index (χ2n) is 12.5. The quantitative estimate of drug-likeness (QED) is 0.219. The van der Waals surface area contributed by atoms with E-state index in [1.54, 1.807) is 23.1 Å². The normalized spacial score (nSPS) is 16.9. The molecule has 2 aliphatic heterocycles. The summed E-state index contributed by atoms with van der Waals surface area (Å²) in [6, 6.07) is 13.7. The summed E-state index contributed by atoms with van der Waals surface area (Å²) < 4.78 is 34.4. The van der Waals surface area contributed by atoms with Crippen LogP contribution in [0.5, 0.6) is 0 Å². The molecule has 248 valence electrons. The number of anilines is 3. The molecule has 4 aromatic rings. The number of carbonyl (C=O) groups is 2. The monoisotopic (exact) mass is 671 g/mol. The van der Waals surface area contributed by atoms with Gasteiger partial charge in [-0.2, -0.15) is 5.26 Å². The number of nitriles is 1. The van der Waals surface area contributed by atoms with Crippen molar-refractivity contribution < 1.29 is 23.1 Å². The van der Waals surface area contributed by atoms with Crippen molar-refractivity contribution in [2.45, 2.75) is 25.7 Å². The number of fused-ring (bicyclic) bond motifs is 1. The molecule has 4 heterocycles. The van der Waals surface area contributed by atoms with Gasteiger partial charge < -0.3 is 19.4 Å². The van der Waals surface area contributed by atoms with Gasteiger partial charge >= 0.3 is 5.97 Å². The minimum absolute atomic E-state index is 0.00785. The molecule has 0 unspecified atom stereocenters. The number of likely N-dealkylation sites (tertiary alicyclic amines) is 1. The fourth-order valence-corrected chi connectivity index (χ4v) is 7.40. The first-order valence-corrected chi connectivity index (χ1v) is 17.0. The zero-order valence-electron chi connectivity index (χ0n) is 26.8. The summed E-state index contributed by atoms with van der Waals surface area (Å²) in [7, 11) is 1.36. The topological polar surface area (TPSA) is 106 Å². The zero-order valence-corrected chi connectivity index (χ0v) is 27.6. The lowest BCUT2D eigenvalue weighted by Crippen LogP contribution is -2.57. The van der Waals surface area contributed by atoms with Crippen molar-refractivity contribution in [3.8, 4) is 17.3 Å². The predicted octanol–water partition coefficient (Wildman–Crippen LogP) is 5.30. The van der Waals surface area contributed by atoms with Crippen LogP contribution in [-0.2, 0) is 14.3 Å². The number of ether oxygens (including phenoxy) is 1. The lowest BCUT2D eigenvalue weighted by molar-refractivity contribution is -0.156. The molecule has 0 radical (unpaired) electrons. The van der Waals surface area contributed by atoms with Gasteiger partial charge in [0.05, 0.1) is 25.3 Å². The van der Waals surface area contributed by atoms with Crippen molar-refractivity contribution in [3.05, 3.63) is 64.7 Å². The molecule has 0 bridgehead atoms. The molecule has 2 aromatic heterocycles. The minimum atomic E-state index is -0.401. The highest BCUT2D eigenvalue weighted by Crippen LogP contribution is 2.45. The standard InChI is InChI=1S/C35H35F2N7O3S/c1-3-44(35-40-32(30(17-38)48-35)22-6-8-24(36)9-7-22)29-16-28(21-4-5-21)39-33-26(29)14-25(15-27(33)37)42-12-10-41(11-13-42)20-31(45)43-18-23(19-43)34(46)47-2/h6-9,14-16,21,23H,3-5,10-13,18-20H2,1-2H3. The number of methoxy groups -OCH3 is 1. The molecule has 1 saturated carbocycles. The van der Waals surface area contributed by atoms with Gasteiger partial charge in [-0.3, -0.25) is 14.5 Å². The first-order valence-electron chi connectivity index (χ1n) is 16.2. The Morgan fingerprint density at radius 3 is 2.44 bits per heavy atom. The summed E-state index contributed by atoms with van der Waals surface area (Å²) in [5, 5.41) is 11.2. The van der Waals surface area contributed by atoms with Crippen LogP contribution < -0.4 is 9.80 Å². The fraction of sp³-hybridized carbons (Fsp3) is 0.400. The number of carbonyl (C=O) groups excluding carboxylic acids is 2. The van der Waals surface area contributed by atoms with E-state index in [1.807, 2.05) is 24.0 Å². The number of hydrogen-bond donors (Lipinski definition) is 0. The van der Waals surface area contributed by atoms with Crippen LogP contribution in [0.2, 0.25) is 0 Å². The second kappa shape index (κ2) is 13.1. The van der Waals surface area contributed by atoms with Crippen LogP contribution in [-0.4, -0.2) is 91.1 Å². The smallest absolute Gasteiger partial charge is 0.312 e. The number of rotatable bonds is 9. The summed E-state index contributed by atoms with van der Waals surface area (Å²) in [5.74, 6) is -1.03. The molecule has 0 atom stereocenters. The van der Waals surface area contributed by atoms with Crippen LogP contribution in [0, 0.1) is 28.9 Å². The Kier molecular flexibility index (Phi) is 8.70. The molecule has 1 amide bonds. The summed E-state index contributed by atoms with van der Waals surface area (Å²) in [6.07, 6.45) is 2.01. The average molecular weight is 672 g/mol. The highest BCUT2D eigenvalue weighted by atomic mass is 32.1. The Morgan fingerprint density at radius 1 is 1.06 bits per heavy atom. The van der Waals surface area contributed by atoms with E-state index in [9.17, 15) is 19.2 Å². The SMILES string of the molecule is CCN(c1nc(-c2ccc(F)cc2)c(C#N)s1)c1cc(C2CC2)nc2c(F)cc(N3CCN(CC(=O)N4CC(C(=O)OC)C4)CC3)cc12. The van der Waals surface area contributed by atoms with E-state index in [0.717, 1.165) is 29.9 Å². The number of aromatic nitrogens is 2. The molecule has 3 fully saturated rings. The number of amides is 1. The number of esters is 1. The lowest BCUT2D eigenvalue weighted by atomic mass is 10.0. The molecule has 7 rings (SSSR count). The molecule has 0 spiro atoms. The number of hydrogen-bond acceptors (Lipinski definition) is 10. The van der Waals surface area contributed by atoms with Gasteiger partial charge in [0.1, 0.15) is 28.0 Å². The van der Waals surface area contributed by atoms with Gasteiger partial charge in [0.2, 0.25) is 5.91 Å². The largest absolute Gasteiger partial charge is 0.469 e. The molecule has 0 N–H and O–H groups in total. The Balaban J connectivity index is 1.15. The number of piperazine rings is 1. The number of pyridine rings is 1. The number of benzene rings is 2. The van der Waals surface area contributed by atoms with Crippen molar-refractivity contribution in [1.29, 1.82) is 5.26 Å². The first kappa shape index (κ1) is 31.9. The van der Waals surface area contributed by atoms with Gasteiger partial charge in [0.15, 0.2) is 10.9 Å². The molecule has 13 heteroatoms. The van der Waals surface area contributed by atoms with E-state index in [0.29, 0.717) is 78.0 Å². The average Bonchev–Trinajstić information content (AvgIpc) is 3.84. The van der Waals surface area contributed by atoms with E-state index in [1.165, 1.54) is 30.6 Å². The van der Waals surface area contributed by atoms with E-state index < -0.39 is 5.82 Å². The van der Waals surface area contributed by atoms with Crippen LogP contribution in [0.1, 0.15) is 36.3 Å². The summed E-state index contributed by atoms with van der Waals surface area (Å²) >= 11 is 1.25. The van der Waals surface area contributed by atoms with Crippen LogP contribution in [0.25, 0.3) is 22.2 Å². The molecule has 2 aromatic carbocycles. The molecule has 48 heavy (non-hydrogen) atoms. The van der Waals surface area contributed by atoms with E-state index in [4.69, 9.17) is 14.7 Å². The van der Waals surface area contributed by atoms with Crippen LogP contribution in [0.15, 0.2) is 42.5 Å². The molecule has 2 saturated heterocycles. The van der Waals surface area contributed by atoms with E-state index in [2.05, 4.69) is 15.9 Å². The zero-order chi connectivity index (χ0) is 33.5. The van der Waals surface area contributed by atoms with E-state index >= 15 is 4.39 Å². The van der Waals surface area contributed by atoms with Crippen LogP contribution in [0.4, 0.5) is 25.3 Å². The Hall–Kier alpha value is -4.67. The molecular weight excluding hydrogens is 636 g/mol. The first-order chi connectivity index (χ1) is 23.3. The molecule has 10 nitrogen and oxygen atoms in total. The molecular formula is C35H35F2N7O3S. The number of halogens is 2. The third kappa shape index (κ3) is 6.18. The highest BCUT2D eigenvalue weighted by Gasteiger charge is 2.37. The third-order valence-corrected chi connectivity index (χ3v) is 10.4. The van der Waals surface area contributed by atoms with Gasteiger partial charge in [-0.05, 0) is 62.2 Å². The van der Waals surface area contributed by atoms with E-state index in [-0.39, 0.29) is 36.1 Å². The Bertz CT molecular complexity index is 1910. The number of thiazole rings is 1. The summed E-state index contributed by atoms with van der Waals surface area (Å²) in [5.41, 5.74) is 3.79. The summed E-state index contributed by atoms with van der Waals surface area (Å²) in [4.78, 5) is 42.4. The van der Waals surface area contributed by atoms with Gasteiger partial charge in [-0.25, -0.2) is 18.7 Å². The van der Waals surface area contributed by atoms with Gasteiger partial charge in [0, 0.05) is 74.1 Å². The van der Waals surface area contributed by atoms with Crippen LogP contribution in [0.3, 0.4) is 0 Å². The van der Waals surface area contributed by atoms with Crippen molar-refractivity contribution >= 4 is 50.6 Å². The minimum Gasteiger partial charge on any atom is -0.469 e. The Morgan fingerprint density at radius 2 is 1.79 bits per heavy atom. The lowest BCUT2D eigenvalue weighted by Gasteiger charge is -2.40. The number of nitrogens with zero attached hydrogens (tertiary/aromatic N) is 7. The van der Waals surface area contributed by atoms with Crippen molar-refractivity contribution in [2.24, 2.45) is 5.92 Å². The van der Waals surface area contributed by atoms with Gasteiger partial charge in [-0.15, -0.1) is 0 Å². The predicted molar refractivity (Wildman–Crippen MR) is 179 cm³/mol. The van der Waals surface area contributed by atoms with Gasteiger partial charge in [0.25, 0.3) is 0 Å². The maximum atomic E-state index is 16.0. The van der Waals surface area contributed by atoms with Crippen molar-refractivity contribution in [1.82, 2.24) is 19.8 Å². The van der Waals surface area contributed by atoms with Crippen molar-refractivity contribution in [2.75, 3.05) is 69.3 Å². The molecule has 1 aliphatic carbocycles. The fourth-order valence-electron chi connectivity index (χ4n) is 6.43.